The van der Waals surface area contributed by atoms with Crippen LogP contribution in [0.25, 0.3) is 22.5 Å². The first-order valence-electron chi connectivity index (χ1n) is 10.4. The standard InChI is InChI=1S/C23H26N8/c1-3-4-9-21-25-15-20(24)22(27-21)26-14-16-10-12-17(13-11-16)18-7-5-6-8-19(18)23-28-29-30-31(23)2/h5-8,10-13,15H,3-4,9,14,24H2,1-2H3,(H,25,26,27). The molecule has 8 nitrogen and oxygen atoms in total. The van der Waals surface area contributed by atoms with Gasteiger partial charge in [0, 0.05) is 25.6 Å². The Labute approximate surface area is 181 Å². The van der Waals surface area contributed by atoms with Crippen molar-refractivity contribution >= 4 is 11.5 Å². The molecule has 0 unspecified atom stereocenters. The molecule has 0 fully saturated rings. The maximum absolute atomic E-state index is 6.05. The number of hydrogen-bond acceptors (Lipinski definition) is 7. The average Bonchev–Trinajstić information content (AvgIpc) is 3.23. The summed E-state index contributed by atoms with van der Waals surface area (Å²) in [6.45, 7) is 2.78. The van der Waals surface area contributed by atoms with Crippen LogP contribution in [0, 0.1) is 0 Å². The molecule has 0 saturated carbocycles. The average molecular weight is 415 g/mol. The Morgan fingerprint density at radius 1 is 1.03 bits per heavy atom. The van der Waals surface area contributed by atoms with Crippen LogP contribution in [0.15, 0.2) is 54.7 Å². The fraction of sp³-hybridized carbons (Fsp3) is 0.261. The number of unbranched alkanes of at least 4 members (excludes halogenated alkanes) is 1. The molecule has 2 heterocycles. The molecule has 0 radical (unpaired) electrons. The quantitative estimate of drug-likeness (QED) is 0.450. The normalized spacial score (nSPS) is 10.9. The third-order valence-corrected chi connectivity index (χ3v) is 5.13. The highest BCUT2D eigenvalue weighted by atomic mass is 15.5. The number of benzene rings is 2. The van der Waals surface area contributed by atoms with Crippen LogP contribution < -0.4 is 11.1 Å². The molecule has 8 heteroatoms. The van der Waals surface area contributed by atoms with Gasteiger partial charge in [-0.3, -0.25) is 0 Å². The fourth-order valence-corrected chi connectivity index (χ4v) is 3.40. The zero-order chi connectivity index (χ0) is 21.6. The highest BCUT2D eigenvalue weighted by Gasteiger charge is 2.12. The maximum Gasteiger partial charge on any atom is 0.182 e. The topological polar surface area (TPSA) is 107 Å². The third kappa shape index (κ3) is 4.69. The molecule has 4 aromatic rings. The molecule has 2 aromatic heterocycles. The van der Waals surface area contributed by atoms with Gasteiger partial charge in [0.15, 0.2) is 11.6 Å². The molecule has 0 bridgehead atoms. The molecule has 4 rings (SSSR count). The Bertz CT molecular complexity index is 1150. The van der Waals surface area contributed by atoms with Crippen molar-refractivity contribution in [1.82, 2.24) is 30.2 Å². The van der Waals surface area contributed by atoms with Gasteiger partial charge in [-0.1, -0.05) is 61.9 Å². The van der Waals surface area contributed by atoms with Crippen molar-refractivity contribution in [2.45, 2.75) is 32.7 Å². The lowest BCUT2D eigenvalue weighted by Gasteiger charge is -2.11. The Morgan fingerprint density at radius 3 is 2.52 bits per heavy atom. The molecule has 2 aromatic carbocycles. The largest absolute Gasteiger partial charge is 0.394 e. The molecular weight excluding hydrogens is 388 g/mol. The number of nitrogen functional groups attached to an aromatic ring is 1. The minimum absolute atomic E-state index is 0.558. The van der Waals surface area contributed by atoms with E-state index >= 15 is 0 Å². The van der Waals surface area contributed by atoms with Gasteiger partial charge in [0.05, 0.1) is 11.9 Å². The third-order valence-electron chi connectivity index (χ3n) is 5.13. The van der Waals surface area contributed by atoms with Gasteiger partial charge < -0.3 is 11.1 Å². The van der Waals surface area contributed by atoms with E-state index in [1.54, 1.807) is 10.9 Å². The van der Waals surface area contributed by atoms with Gasteiger partial charge in [0.2, 0.25) is 0 Å². The molecular formula is C23H26N8. The van der Waals surface area contributed by atoms with E-state index in [0.29, 0.717) is 18.1 Å². The van der Waals surface area contributed by atoms with Gasteiger partial charge in [-0.25, -0.2) is 14.6 Å². The van der Waals surface area contributed by atoms with Crippen molar-refractivity contribution < 1.29 is 0 Å². The zero-order valence-corrected chi connectivity index (χ0v) is 17.8. The van der Waals surface area contributed by atoms with Crippen molar-refractivity contribution in [2.24, 2.45) is 7.05 Å². The summed E-state index contributed by atoms with van der Waals surface area (Å²) in [6.07, 6.45) is 4.72. The lowest BCUT2D eigenvalue weighted by Crippen LogP contribution is -2.07. The Morgan fingerprint density at radius 2 is 1.81 bits per heavy atom. The Kier molecular flexibility index (Phi) is 6.16. The summed E-state index contributed by atoms with van der Waals surface area (Å²) < 4.78 is 1.68. The number of aromatic nitrogens is 6. The highest BCUT2D eigenvalue weighted by Crippen LogP contribution is 2.30. The van der Waals surface area contributed by atoms with Crippen molar-refractivity contribution in [3.8, 4) is 22.5 Å². The molecule has 0 atom stereocenters. The second kappa shape index (κ2) is 9.34. The van der Waals surface area contributed by atoms with Gasteiger partial charge in [-0.15, -0.1) is 5.10 Å². The summed E-state index contributed by atoms with van der Waals surface area (Å²) in [6, 6.07) is 16.5. The van der Waals surface area contributed by atoms with E-state index in [1.165, 1.54) is 0 Å². The Hall–Kier alpha value is -3.81. The number of aryl methyl sites for hydroxylation is 2. The summed E-state index contributed by atoms with van der Waals surface area (Å²) in [4.78, 5) is 8.89. The van der Waals surface area contributed by atoms with E-state index in [0.717, 1.165) is 53.2 Å². The van der Waals surface area contributed by atoms with Gasteiger partial charge in [0.1, 0.15) is 5.82 Å². The van der Waals surface area contributed by atoms with Crippen LogP contribution in [0.1, 0.15) is 31.2 Å². The summed E-state index contributed by atoms with van der Waals surface area (Å²) >= 11 is 0. The predicted molar refractivity (Wildman–Crippen MR) is 122 cm³/mol. The number of anilines is 2. The fourth-order valence-electron chi connectivity index (χ4n) is 3.40. The molecule has 0 spiro atoms. The zero-order valence-electron chi connectivity index (χ0n) is 17.8. The molecule has 0 saturated heterocycles. The van der Waals surface area contributed by atoms with Gasteiger partial charge in [-0.2, -0.15) is 0 Å². The van der Waals surface area contributed by atoms with Crippen LogP contribution in [0.2, 0.25) is 0 Å². The van der Waals surface area contributed by atoms with Crippen LogP contribution >= 0.6 is 0 Å². The van der Waals surface area contributed by atoms with Crippen molar-refractivity contribution in [2.75, 3.05) is 11.1 Å². The van der Waals surface area contributed by atoms with Gasteiger partial charge >= 0.3 is 0 Å². The first-order chi connectivity index (χ1) is 15.2. The maximum atomic E-state index is 6.05. The molecule has 0 amide bonds. The monoisotopic (exact) mass is 414 g/mol. The second-order valence-electron chi connectivity index (χ2n) is 7.42. The van der Waals surface area contributed by atoms with E-state index in [9.17, 15) is 0 Å². The van der Waals surface area contributed by atoms with Crippen LogP contribution in [0.4, 0.5) is 11.5 Å². The number of nitrogens with zero attached hydrogens (tertiary/aromatic N) is 6. The molecule has 31 heavy (non-hydrogen) atoms. The number of hydrogen-bond donors (Lipinski definition) is 2. The van der Waals surface area contributed by atoms with E-state index in [1.807, 2.05) is 25.2 Å². The minimum atomic E-state index is 0.558. The number of nitrogens with one attached hydrogen (secondary N) is 1. The molecule has 0 aliphatic carbocycles. The number of nitrogens with two attached hydrogens (primary N) is 1. The summed E-state index contributed by atoms with van der Waals surface area (Å²) in [5.41, 5.74) is 10.9. The van der Waals surface area contributed by atoms with E-state index in [-0.39, 0.29) is 0 Å². The van der Waals surface area contributed by atoms with E-state index in [4.69, 9.17) is 5.73 Å². The first-order valence-corrected chi connectivity index (χ1v) is 10.4. The molecule has 3 N–H and O–H groups in total. The van der Waals surface area contributed by atoms with Crippen LogP contribution in [0.3, 0.4) is 0 Å². The molecule has 158 valence electrons. The van der Waals surface area contributed by atoms with Crippen LogP contribution in [-0.2, 0) is 20.0 Å². The smallest absolute Gasteiger partial charge is 0.182 e. The van der Waals surface area contributed by atoms with E-state index in [2.05, 4.69) is 68.1 Å². The van der Waals surface area contributed by atoms with E-state index < -0.39 is 0 Å². The summed E-state index contributed by atoms with van der Waals surface area (Å²) in [7, 11) is 1.84. The second-order valence-corrected chi connectivity index (χ2v) is 7.42. The highest BCUT2D eigenvalue weighted by molar-refractivity contribution is 5.80. The minimum Gasteiger partial charge on any atom is -0.394 e. The van der Waals surface area contributed by atoms with Crippen molar-refractivity contribution in [3.63, 3.8) is 0 Å². The summed E-state index contributed by atoms with van der Waals surface area (Å²) in [5, 5.41) is 15.2. The Balaban J connectivity index is 1.50. The van der Waals surface area contributed by atoms with Crippen molar-refractivity contribution in [1.29, 1.82) is 0 Å². The predicted octanol–water partition coefficient (Wildman–Crippen LogP) is 3.87. The lowest BCUT2D eigenvalue weighted by molar-refractivity contribution is 0.715. The molecule has 0 aliphatic rings. The van der Waals surface area contributed by atoms with Gasteiger partial charge in [0.25, 0.3) is 0 Å². The van der Waals surface area contributed by atoms with Gasteiger partial charge in [-0.05, 0) is 33.5 Å². The summed E-state index contributed by atoms with van der Waals surface area (Å²) in [5.74, 6) is 2.24. The first kappa shape index (κ1) is 20.5. The lowest BCUT2D eigenvalue weighted by atomic mass is 9.98. The number of rotatable bonds is 8. The van der Waals surface area contributed by atoms with Crippen LogP contribution in [-0.4, -0.2) is 30.2 Å². The van der Waals surface area contributed by atoms with Crippen molar-refractivity contribution in [3.05, 3.63) is 66.1 Å². The number of tetrazole rings is 1. The SMILES string of the molecule is CCCCc1ncc(N)c(NCc2ccc(-c3ccccc3-c3nnnn3C)cc2)n1. The van der Waals surface area contributed by atoms with Crippen LogP contribution in [0.5, 0.6) is 0 Å². The molecule has 0 aliphatic heterocycles.